The Morgan fingerprint density at radius 1 is 1.00 bits per heavy atom. The molecule has 0 spiro atoms. The maximum absolute atomic E-state index is 12.5. The van der Waals surface area contributed by atoms with Gasteiger partial charge in [-0.05, 0) is 42.5 Å². The Morgan fingerprint density at radius 3 is 2.05 bits per heavy atom. The van der Waals surface area contributed by atoms with Crippen molar-refractivity contribution in [3.05, 3.63) is 42.0 Å². The van der Waals surface area contributed by atoms with Crippen LogP contribution in [0.3, 0.4) is 0 Å². The largest absolute Gasteiger partial charge is 0.274 e. The van der Waals surface area contributed by atoms with Crippen LogP contribution in [0.25, 0.3) is 0 Å². The number of fused-ring (bicyclic) bond motifs is 5. The molecule has 1 saturated heterocycles. The molecule has 3 aliphatic rings. The molecule has 20 heavy (non-hydrogen) atoms. The molecule has 4 atom stereocenters. The fourth-order valence-corrected chi connectivity index (χ4v) is 3.84. The second kappa shape index (κ2) is 3.80. The first kappa shape index (κ1) is 11.4. The number of allylic oxidation sites excluding steroid dienone is 2. The van der Waals surface area contributed by atoms with Crippen LogP contribution >= 0.6 is 0 Å². The summed E-state index contributed by atoms with van der Waals surface area (Å²) < 4.78 is 0. The van der Waals surface area contributed by atoms with Crippen LogP contribution in [0.2, 0.25) is 0 Å². The fraction of sp³-hybridized carbons (Fsp3) is 0.312. The SMILES string of the molecule is N#Cc1ccc(N2C(=O)[C@@H]3[C@H](C2=O)[C@H]2C=C[C@@H]3C2)cc1. The molecule has 0 radical (unpaired) electrons. The second-order valence-electron chi connectivity index (χ2n) is 5.67. The van der Waals surface area contributed by atoms with Crippen LogP contribution < -0.4 is 4.90 Å². The van der Waals surface area contributed by atoms with E-state index in [1.54, 1.807) is 24.3 Å². The first-order valence-electron chi connectivity index (χ1n) is 6.77. The van der Waals surface area contributed by atoms with Crippen LogP contribution in [0, 0.1) is 35.0 Å². The standard InChI is InChI=1S/C16H12N2O2/c17-8-9-1-5-12(6-2-9)18-15(19)13-10-3-4-11(7-10)14(13)16(18)20/h1-6,10-11,13-14H,7H2/t10-,11+,13+,14-. The Balaban J connectivity index is 1.72. The van der Waals surface area contributed by atoms with E-state index < -0.39 is 0 Å². The van der Waals surface area contributed by atoms with Crippen molar-refractivity contribution in [3.63, 3.8) is 0 Å². The highest BCUT2D eigenvalue weighted by molar-refractivity contribution is 6.22. The lowest BCUT2D eigenvalue weighted by Crippen LogP contribution is -2.32. The molecule has 2 bridgehead atoms. The predicted molar refractivity (Wildman–Crippen MR) is 71.4 cm³/mol. The summed E-state index contributed by atoms with van der Waals surface area (Å²) in [5, 5.41) is 8.80. The number of imide groups is 1. The Morgan fingerprint density at radius 2 is 1.55 bits per heavy atom. The molecule has 1 aliphatic heterocycles. The van der Waals surface area contributed by atoms with Crippen LogP contribution in [-0.4, -0.2) is 11.8 Å². The molecule has 0 unspecified atom stereocenters. The van der Waals surface area contributed by atoms with Gasteiger partial charge in [0.2, 0.25) is 11.8 Å². The van der Waals surface area contributed by atoms with E-state index in [1.807, 2.05) is 6.07 Å². The summed E-state index contributed by atoms with van der Waals surface area (Å²) in [4.78, 5) is 26.4. The summed E-state index contributed by atoms with van der Waals surface area (Å²) in [5.74, 6) is -0.0564. The van der Waals surface area contributed by atoms with Crippen LogP contribution in [0.4, 0.5) is 5.69 Å². The quantitative estimate of drug-likeness (QED) is 0.574. The number of hydrogen-bond acceptors (Lipinski definition) is 3. The molecule has 4 heteroatoms. The number of benzene rings is 1. The lowest BCUT2D eigenvalue weighted by Gasteiger charge is -2.17. The maximum atomic E-state index is 12.5. The zero-order valence-electron chi connectivity index (χ0n) is 10.7. The summed E-state index contributed by atoms with van der Waals surface area (Å²) in [6.07, 6.45) is 5.10. The summed E-state index contributed by atoms with van der Waals surface area (Å²) in [6.45, 7) is 0. The molecule has 1 heterocycles. The molecule has 4 nitrogen and oxygen atoms in total. The van der Waals surface area contributed by atoms with E-state index in [0.29, 0.717) is 11.3 Å². The molecule has 4 rings (SSSR count). The van der Waals surface area contributed by atoms with Crippen molar-refractivity contribution in [1.82, 2.24) is 0 Å². The number of carbonyl (C=O) groups is 2. The van der Waals surface area contributed by atoms with Gasteiger partial charge in [0.1, 0.15) is 0 Å². The molecule has 1 saturated carbocycles. The summed E-state index contributed by atoms with van der Waals surface area (Å²) >= 11 is 0. The van der Waals surface area contributed by atoms with Crippen molar-refractivity contribution in [2.24, 2.45) is 23.7 Å². The van der Waals surface area contributed by atoms with E-state index in [1.165, 1.54) is 4.90 Å². The van der Waals surface area contributed by atoms with Crippen LogP contribution in [-0.2, 0) is 9.59 Å². The van der Waals surface area contributed by atoms with Gasteiger partial charge in [0.05, 0.1) is 29.2 Å². The van der Waals surface area contributed by atoms with Gasteiger partial charge in [-0.2, -0.15) is 5.26 Å². The van der Waals surface area contributed by atoms with E-state index in [0.717, 1.165) is 6.42 Å². The smallest absolute Gasteiger partial charge is 0.238 e. The molecular weight excluding hydrogens is 252 g/mol. The van der Waals surface area contributed by atoms with Gasteiger partial charge >= 0.3 is 0 Å². The van der Waals surface area contributed by atoms with Crippen molar-refractivity contribution >= 4 is 17.5 Å². The van der Waals surface area contributed by atoms with Gasteiger partial charge in [-0.1, -0.05) is 12.2 Å². The van der Waals surface area contributed by atoms with E-state index in [9.17, 15) is 9.59 Å². The highest BCUT2D eigenvalue weighted by Gasteiger charge is 2.59. The van der Waals surface area contributed by atoms with Gasteiger partial charge in [0.15, 0.2) is 0 Å². The zero-order valence-corrected chi connectivity index (χ0v) is 10.7. The summed E-state index contributed by atoms with van der Waals surface area (Å²) in [5.41, 5.74) is 1.10. The normalized spacial score (nSPS) is 33.6. The molecule has 2 aliphatic carbocycles. The average molecular weight is 264 g/mol. The van der Waals surface area contributed by atoms with Gasteiger partial charge in [-0.25, -0.2) is 0 Å². The molecule has 2 amide bonds. The predicted octanol–water partition coefficient (Wildman–Crippen LogP) is 1.87. The third-order valence-corrected chi connectivity index (χ3v) is 4.72. The van der Waals surface area contributed by atoms with Crippen molar-refractivity contribution < 1.29 is 9.59 Å². The minimum absolute atomic E-state index is 0.0819. The molecule has 1 aromatic rings. The first-order valence-corrected chi connectivity index (χ1v) is 6.77. The van der Waals surface area contributed by atoms with Crippen molar-refractivity contribution in [2.75, 3.05) is 4.90 Å². The number of nitriles is 1. The van der Waals surface area contributed by atoms with Crippen LogP contribution in [0.1, 0.15) is 12.0 Å². The lowest BCUT2D eigenvalue weighted by molar-refractivity contribution is -0.123. The third-order valence-electron chi connectivity index (χ3n) is 4.72. The highest BCUT2D eigenvalue weighted by Crippen LogP contribution is 2.53. The number of amides is 2. The molecule has 0 aromatic heterocycles. The monoisotopic (exact) mass is 264 g/mol. The first-order chi connectivity index (χ1) is 9.70. The fourth-order valence-electron chi connectivity index (χ4n) is 3.84. The Kier molecular flexibility index (Phi) is 2.17. The summed E-state index contributed by atoms with van der Waals surface area (Å²) in [7, 11) is 0. The van der Waals surface area contributed by atoms with Gasteiger partial charge in [0.25, 0.3) is 0 Å². The maximum Gasteiger partial charge on any atom is 0.238 e. The average Bonchev–Trinajstić information content (AvgIpc) is 3.14. The lowest BCUT2D eigenvalue weighted by atomic mass is 9.85. The minimum Gasteiger partial charge on any atom is -0.274 e. The van der Waals surface area contributed by atoms with Gasteiger partial charge in [-0.15, -0.1) is 0 Å². The van der Waals surface area contributed by atoms with Gasteiger partial charge in [0, 0.05) is 0 Å². The zero-order chi connectivity index (χ0) is 13.9. The second-order valence-corrected chi connectivity index (χ2v) is 5.67. The number of nitrogens with zero attached hydrogens (tertiary/aromatic N) is 2. The van der Waals surface area contributed by atoms with Crippen molar-refractivity contribution in [2.45, 2.75) is 6.42 Å². The van der Waals surface area contributed by atoms with Crippen LogP contribution in [0.15, 0.2) is 36.4 Å². The molecule has 1 aromatic carbocycles. The van der Waals surface area contributed by atoms with E-state index in [2.05, 4.69) is 12.2 Å². The third kappa shape index (κ3) is 1.30. The number of anilines is 1. The van der Waals surface area contributed by atoms with Gasteiger partial charge < -0.3 is 0 Å². The van der Waals surface area contributed by atoms with E-state index in [4.69, 9.17) is 5.26 Å². The minimum atomic E-state index is -0.173. The van der Waals surface area contributed by atoms with Gasteiger partial charge in [-0.3, -0.25) is 14.5 Å². The van der Waals surface area contributed by atoms with Crippen molar-refractivity contribution in [3.8, 4) is 6.07 Å². The van der Waals surface area contributed by atoms with Crippen LogP contribution in [0.5, 0.6) is 0 Å². The number of rotatable bonds is 1. The molecular formula is C16H12N2O2. The highest BCUT2D eigenvalue weighted by atomic mass is 16.2. The molecule has 0 N–H and O–H groups in total. The van der Waals surface area contributed by atoms with E-state index in [-0.39, 0.29) is 35.5 Å². The number of carbonyl (C=O) groups excluding carboxylic acids is 2. The molecule has 98 valence electrons. The Labute approximate surface area is 116 Å². The Bertz CT molecular complexity index is 653. The topological polar surface area (TPSA) is 61.2 Å². The van der Waals surface area contributed by atoms with E-state index >= 15 is 0 Å². The number of hydrogen-bond donors (Lipinski definition) is 0. The van der Waals surface area contributed by atoms with Crippen molar-refractivity contribution in [1.29, 1.82) is 5.26 Å². The summed E-state index contributed by atoms with van der Waals surface area (Å²) in [6, 6.07) is 8.65. The molecule has 2 fully saturated rings. The Hall–Kier alpha value is -2.41.